The lowest BCUT2D eigenvalue weighted by Gasteiger charge is -2.45. The third kappa shape index (κ3) is 3.27. The number of nitriles is 1. The molecule has 1 aromatic carbocycles. The Hall–Kier alpha value is -3.72. The quantitative estimate of drug-likeness (QED) is 0.553. The molecule has 2 heterocycles. The molecule has 0 unspecified atom stereocenters. The van der Waals surface area contributed by atoms with Crippen molar-refractivity contribution in [2.24, 2.45) is 11.8 Å². The zero-order chi connectivity index (χ0) is 23.3. The predicted molar refractivity (Wildman–Crippen MR) is 122 cm³/mol. The first-order chi connectivity index (χ1) is 15.8. The topological polar surface area (TPSA) is 79.5 Å². The van der Waals surface area contributed by atoms with E-state index in [1.54, 1.807) is 24.5 Å². The normalized spacial score (nSPS) is 23.8. The van der Waals surface area contributed by atoms with Gasteiger partial charge in [-0.25, -0.2) is 14.4 Å². The van der Waals surface area contributed by atoms with Gasteiger partial charge in [0.25, 0.3) is 0 Å². The second-order valence-electron chi connectivity index (χ2n) is 9.17. The van der Waals surface area contributed by atoms with E-state index in [-0.39, 0.29) is 29.0 Å². The molecule has 0 N–H and O–H groups in total. The van der Waals surface area contributed by atoms with E-state index in [4.69, 9.17) is 9.97 Å². The number of Topliss-reactive ketones (excluding diaryl/α,β-unsaturated/α-hetero) is 1. The zero-order valence-corrected chi connectivity index (χ0v) is 18.8. The SMILES string of the molecule is Cc1cnccc1-c1nc(-c2ccc(F)cc2)c2c(n1)[C@]1(C)C=C(C#N)C(=O)[C@H](C)[C@H]1CC2. The van der Waals surface area contributed by atoms with Crippen LogP contribution in [0.1, 0.15) is 37.1 Å². The largest absolute Gasteiger partial charge is 0.293 e. The second-order valence-corrected chi connectivity index (χ2v) is 9.17. The molecule has 2 aliphatic rings. The van der Waals surface area contributed by atoms with Gasteiger partial charge >= 0.3 is 0 Å². The van der Waals surface area contributed by atoms with E-state index in [9.17, 15) is 14.4 Å². The summed E-state index contributed by atoms with van der Waals surface area (Å²) in [7, 11) is 0. The molecule has 0 aliphatic heterocycles. The Kier molecular flexibility index (Phi) is 4.93. The zero-order valence-electron chi connectivity index (χ0n) is 18.8. The van der Waals surface area contributed by atoms with Gasteiger partial charge in [0.1, 0.15) is 11.9 Å². The van der Waals surface area contributed by atoms with Crippen LogP contribution in [0, 0.1) is 35.9 Å². The standard InChI is InChI=1S/C27H23FN4O/c1-15-14-30-11-10-20(15)26-31-23(17-4-6-19(28)7-5-17)21-8-9-22-16(2)24(33)18(13-29)12-27(22,3)25(21)32-26/h4-7,10-12,14,16,22H,8-9H2,1-3H3/t16-,22-,27-/m1/s1. The summed E-state index contributed by atoms with van der Waals surface area (Å²) in [6.45, 7) is 5.94. The van der Waals surface area contributed by atoms with E-state index < -0.39 is 5.41 Å². The maximum Gasteiger partial charge on any atom is 0.176 e. The number of allylic oxidation sites excluding steroid dienone is 2. The number of fused-ring (bicyclic) bond motifs is 3. The van der Waals surface area contributed by atoms with Crippen LogP contribution in [-0.2, 0) is 16.6 Å². The van der Waals surface area contributed by atoms with Crippen molar-refractivity contribution in [1.82, 2.24) is 15.0 Å². The molecule has 3 aromatic rings. The van der Waals surface area contributed by atoms with Crippen LogP contribution in [0.4, 0.5) is 4.39 Å². The molecule has 2 aliphatic carbocycles. The van der Waals surface area contributed by atoms with Crippen molar-refractivity contribution in [3.8, 4) is 28.7 Å². The molecule has 33 heavy (non-hydrogen) atoms. The molecular formula is C27H23FN4O. The van der Waals surface area contributed by atoms with Crippen LogP contribution in [-0.4, -0.2) is 20.7 Å². The summed E-state index contributed by atoms with van der Waals surface area (Å²) in [5.41, 5.74) is 4.83. The highest BCUT2D eigenvalue weighted by atomic mass is 19.1. The lowest BCUT2D eigenvalue weighted by molar-refractivity contribution is -0.121. The minimum atomic E-state index is -0.584. The summed E-state index contributed by atoms with van der Waals surface area (Å²) in [6.07, 6.45) is 6.79. The maximum atomic E-state index is 13.7. The maximum absolute atomic E-state index is 13.7. The van der Waals surface area contributed by atoms with E-state index in [1.165, 1.54) is 12.1 Å². The first-order valence-corrected chi connectivity index (χ1v) is 11.1. The van der Waals surface area contributed by atoms with Crippen LogP contribution < -0.4 is 0 Å². The van der Waals surface area contributed by atoms with Crippen LogP contribution in [0.15, 0.2) is 54.4 Å². The fraction of sp³-hybridized carbons (Fsp3) is 0.296. The second kappa shape index (κ2) is 7.70. The Balaban J connectivity index is 1.82. The fourth-order valence-electron chi connectivity index (χ4n) is 5.46. The van der Waals surface area contributed by atoms with E-state index >= 15 is 0 Å². The summed E-state index contributed by atoms with van der Waals surface area (Å²) in [4.78, 5) is 26.9. The predicted octanol–water partition coefficient (Wildman–Crippen LogP) is 5.14. The van der Waals surface area contributed by atoms with Crippen LogP contribution in [0.2, 0.25) is 0 Å². The molecule has 0 saturated heterocycles. The monoisotopic (exact) mass is 438 g/mol. The van der Waals surface area contributed by atoms with Gasteiger partial charge in [0.2, 0.25) is 0 Å². The molecule has 0 bridgehead atoms. The van der Waals surface area contributed by atoms with Gasteiger partial charge in [0.05, 0.1) is 17.0 Å². The minimum absolute atomic E-state index is 0.0388. The summed E-state index contributed by atoms with van der Waals surface area (Å²) >= 11 is 0. The number of pyridine rings is 1. The molecule has 6 heteroatoms. The number of hydrogen-bond acceptors (Lipinski definition) is 5. The van der Waals surface area contributed by atoms with Crippen molar-refractivity contribution >= 4 is 5.78 Å². The molecule has 0 saturated carbocycles. The number of carbonyl (C=O) groups is 1. The number of rotatable bonds is 2. The lowest BCUT2D eigenvalue weighted by Crippen LogP contribution is -2.46. The Morgan fingerprint density at radius 2 is 1.94 bits per heavy atom. The number of aryl methyl sites for hydroxylation is 1. The number of halogens is 1. The van der Waals surface area contributed by atoms with Gasteiger partial charge in [-0.15, -0.1) is 0 Å². The minimum Gasteiger partial charge on any atom is -0.293 e. The van der Waals surface area contributed by atoms with E-state index in [2.05, 4.69) is 18.0 Å². The molecule has 0 radical (unpaired) electrons. The van der Waals surface area contributed by atoms with Crippen molar-refractivity contribution in [2.75, 3.05) is 0 Å². The van der Waals surface area contributed by atoms with Crippen LogP contribution in [0.25, 0.3) is 22.6 Å². The number of hydrogen-bond donors (Lipinski definition) is 0. The highest BCUT2D eigenvalue weighted by molar-refractivity contribution is 6.02. The average Bonchev–Trinajstić information content (AvgIpc) is 2.82. The molecule has 164 valence electrons. The van der Waals surface area contributed by atoms with Gasteiger partial charge in [-0.1, -0.05) is 19.9 Å². The lowest BCUT2D eigenvalue weighted by atomic mass is 9.57. The van der Waals surface area contributed by atoms with Gasteiger partial charge in [-0.05, 0) is 61.6 Å². The number of carbonyl (C=O) groups excluding carboxylic acids is 1. The van der Waals surface area contributed by atoms with Crippen molar-refractivity contribution in [2.45, 2.75) is 39.0 Å². The van der Waals surface area contributed by atoms with E-state index in [0.29, 0.717) is 12.2 Å². The van der Waals surface area contributed by atoms with Crippen LogP contribution in [0.3, 0.4) is 0 Å². The van der Waals surface area contributed by atoms with Crippen LogP contribution >= 0.6 is 0 Å². The van der Waals surface area contributed by atoms with E-state index in [0.717, 1.165) is 40.1 Å². The third-order valence-electron chi connectivity index (χ3n) is 7.22. The fourth-order valence-corrected chi connectivity index (χ4v) is 5.46. The Bertz CT molecular complexity index is 1360. The van der Waals surface area contributed by atoms with Crippen LogP contribution in [0.5, 0.6) is 0 Å². The Labute approximate surface area is 192 Å². The summed E-state index contributed by atoms with van der Waals surface area (Å²) in [5, 5.41) is 9.65. The molecule has 2 aromatic heterocycles. The third-order valence-corrected chi connectivity index (χ3v) is 7.22. The molecule has 5 rings (SSSR count). The molecule has 3 atom stereocenters. The average molecular weight is 439 g/mol. The number of benzene rings is 1. The van der Waals surface area contributed by atoms with E-state index in [1.807, 2.05) is 26.0 Å². The smallest absolute Gasteiger partial charge is 0.176 e. The van der Waals surface area contributed by atoms with Crippen molar-refractivity contribution in [1.29, 1.82) is 5.26 Å². The highest BCUT2D eigenvalue weighted by Crippen LogP contribution is 2.50. The van der Waals surface area contributed by atoms with Gasteiger partial charge in [0.15, 0.2) is 11.6 Å². The molecule has 0 amide bonds. The Morgan fingerprint density at radius 3 is 2.64 bits per heavy atom. The molecular weight excluding hydrogens is 415 g/mol. The summed E-state index contributed by atoms with van der Waals surface area (Å²) in [6, 6.07) is 10.3. The molecule has 5 nitrogen and oxygen atoms in total. The van der Waals surface area contributed by atoms with Crippen molar-refractivity contribution in [3.63, 3.8) is 0 Å². The highest BCUT2D eigenvalue weighted by Gasteiger charge is 2.49. The van der Waals surface area contributed by atoms with Gasteiger partial charge in [-0.2, -0.15) is 5.26 Å². The molecule has 0 fully saturated rings. The number of nitrogens with zero attached hydrogens (tertiary/aromatic N) is 4. The first kappa shape index (κ1) is 21.1. The Morgan fingerprint density at radius 1 is 1.18 bits per heavy atom. The van der Waals surface area contributed by atoms with Crippen molar-refractivity contribution < 1.29 is 9.18 Å². The van der Waals surface area contributed by atoms with Gasteiger partial charge in [0, 0.05) is 40.4 Å². The first-order valence-electron chi connectivity index (χ1n) is 11.1. The van der Waals surface area contributed by atoms with Crippen molar-refractivity contribution in [3.05, 3.63) is 77.0 Å². The summed E-state index contributed by atoms with van der Waals surface area (Å²) < 4.78 is 13.7. The van der Waals surface area contributed by atoms with Gasteiger partial charge in [-0.3, -0.25) is 9.78 Å². The number of ketones is 1. The van der Waals surface area contributed by atoms with Gasteiger partial charge < -0.3 is 0 Å². The molecule has 0 spiro atoms. The summed E-state index contributed by atoms with van der Waals surface area (Å²) in [5.74, 6) is -0.0667. The number of aromatic nitrogens is 3.